The molecule has 0 amide bonds. The van der Waals surface area contributed by atoms with Gasteiger partial charge in [-0.3, -0.25) is 4.98 Å². The van der Waals surface area contributed by atoms with Gasteiger partial charge in [-0.15, -0.1) is 0 Å². The van der Waals surface area contributed by atoms with Crippen molar-refractivity contribution in [1.82, 2.24) is 4.98 Å². The highest BCUT2D eigenvalue weighted by molar-refractivity contribution is 5.88. The number of unbranched alkanes of at least 4 members (excludes halogenated alkanes) is 4. The molecule has 0 radical (unpaired) electrons. The third kappa shape index (κ3) is 4.47. The molecule has 3 heteroatoms. The van der Waals surface area contributed by atoms with Gasteiger partial charge < -0.3 is 5.11 Å². The SMILES string of the molecule is CCCCCCCC(C)c1ncccc1C(=O)O. The Morgan fingerprint density at radius 3 is 2.72 bits per heavy atom. The molecule has 1 N–H and O–H groups in total. The van der Waals surface area contributed by atoms with Crippen LogP contribution in [0.4, 0.5) is 0 Å². The molecular formula is C15H23NO2. The normalized spacial score (nSPS) is 12.3. The van der Waals surface area contributed by atoms with Crippen LogP contribution in [0.1, 0.15) is 74.3 Å². The molecule has 0 aliphatic heterocycles. The van der Waals surface area contributed by atoms with Gasteiger partial charge in [0.15, 0.2) is 0 Å². The van der Waals surface area contributed by atoms with Crippen LogP contribution in [0, 0.1) is 0 Å². The van der Waals surface area contributed by atoms with Crippen LogP contribution in [0.3, 0.4) is 0 Å². The van der Waals surface area contributed by atoms with Crippen molar-refractivity contribution < 1.29 is 9.90 Å². The monoisotopic (exact) mass is 249 g/mol. The molecule has 0 aromatic carbocycles. The molecule has 0 aliphatic carbocycles. The number of pyridine rings is 1. The number of nitrogens with zero attached hydrogens (tertiary/aromatic N) is 1. The Morgan fingerprint density at radius 1 is 1.33 bits per heavy atom. The lowest BCUT2D eigenvalue weighted by Gasteiger charge is -2.13. The van der Waals surface area contributed by atoms with Crippen molar-refractivity contribution in [2.24, 2.45) is 0 Å². The van der Waals surface area contributed by atoms with Gasteiger partial charge in [-0.25, -0.2) is 4.79 Å². The minimum Gasteiger partial charge on any atom is -0.478 e. The maximum absolute atomic E-state index is 11.1. The van der Waals surface area contributed by atoms with Crippen molar-refractivity contribution in [3.05, 3.63) is 29.6 Å². The van der Waals surface area contributed by atoms with Gasteiger partial charge in [-0.1, -0.05) is 46.0 Å². The van der Waals surface area contributed by atoms with Gasteiger partial charge in [0.1, 0.15) is 0 Å². The van der Waals surface area contributed by atoms with Crippen LogP contribution in [-0.2, 0) is 0 Å². The first-order valence-electron chi connectivity index (χ1n) is 6.85. The van der Waals surface area contributed by atoms with Crippen LogP contribution < -0.4 is 0 Å². The zero-order chi connectivity index (χ0) is 13.4. The average molecular weight is 249 g/mol. The van der Waals surface area contributed by atoms with Crippen LogP contribution in [0.5, 0.6) is 0 Å². The molecule has 0 saturated carbocycles. The Morgan fingerprint density at radius 2 is 2.06 bits per heavy atom. The molecule has 1 aromatic heterocycles. The quantitative estimate of drug-likeness (QED) is 0.701. The van der Waals surface area contributed by atoms with E-state index in [1.165, 1.54) is 25.7 Å². The topological polar surface area (TPSA) is 50.2 Å². The van der Waals surface area contributed by atoms with E-state index in [0.29, 0.717) is 5.56 Å². The third-order valence-electron chi connectivity index (χ3n) is 3.28. The van der Waals surface area contributed by atoms with E-state index in [0.717, 1.165) is 18.5 Å². The molecule has 1 aromatic rings. The Balaban J connectivity index is 2.51. The first-order chi connectivity index (χ1) is 8.66. The lowest BCUT2D eigenvalue weighted by atomic mass is 9.95. The molecule has 100 valence electrons. The summed E-state index contributed by atoms with van der Waals surface area (Å²) in [4.78, 5) is 15.3. The number of carboxylic acids is 1. The lowest BCUT2D eigenvalue weighted by Crippen LogP contribution is -2.07. The summed E-state index contributed by atoms with van der Waals surface area (Å²) in [6.45, 7) is 4.27. The van der Waals surface area contributed by atoms with E-state index in [9.17, 15) is 4.79 Å². The standard InChI is InChI=1S/C15H23NO2/c1-3-4-5-6-7-9-12(2)14-13(15(17)18)10-8-11-16-14/h8,10-12H,3-7,9H2,1-2H3,(H,17,18). The number of carbonyl (C=O) groups is 1. The number of rotatable bonds is 8. The highest BCUT2D eigenvalue weighted by Crippen LogP contribution is 2.23. The molecule has 18 heavy (non-hydrogen) atoms. The van der Waals surface area contributed by atoms with Crippen LogP contribution in [0.25, 0.3) is 0 Å². The number of aromatic nitrogens is 1. The second-order valence-electron chi connectivity index (χ2n) is 4.85. The highest BCUT2D eigenvalue weighted by atomic mass is 16.4. The number of hydrogen-bond acceptors (Lipinski definition) is 2. The van der Waals surface area contributed by atoms with Gasteiger partial charge in [-0.05, 0) is 24.5 Å². The minimum atomic E-state index is -0.879. The lowest BCUT2D eigenvalue weighted by molar-refractivity contribution is 0.0694. The molecule has 1 rings (SSSR count). The summed E-state index contributed by atoms with van der Waals surface area (Å²) in [5, 5.41) is 9.12. The van der Waals surface area contributed by atoms with Crippen molar-refractivity contribution in [2.45, 2.75) is 58.3 Å². The number of hydrogen-bond donors (Lipinski definition) is 1. The second kappa shape index (κ2) is 7.85. The van der Waals surface area contributed by atoms with Gasteiger partial charge in [0, 0.05) is 6.20 Å². The van der Waals surface area contributed by atoms with Crippen molar-refractivity contribution in [1.29, 1.82) is 0 Å². The van der Waals surface area contributed by atoms with Crippen LogP contribution >= 0.6 is 0 Å². The molecule has 3 nitrogen and oxygen atoms in total. The Kier molecular flexibility index (Phi) is 6.40. The maximum Gasteiger partial charge on any atom is 0.337 e. The summed E-state index contributed by atoms with van der Waals surface area (Å²) in [6, 6.07) is 3.32. The molecular weight excluding hydrogens is 226 g/mol. The third-order valence-corrected chi connectivity index (χ3v) is 3.28. The van der Waals surface area contributed by atoms with E-state index in [2.05, 4.69) is 18.8 Å². The second-order valence-corrected chi connectivity index (χ2v) is 4.85. The molecule has 1 unspecified atom stereocenters. The predicted molar refractivity (Wildman–Crippen MR) is 73.0 cm³/mol. The summed E-state index contributed by atoms with van der Waals surface area (Å²) in [7, 11) is 0. The Hall–Kier alpha value is -1.38. The first kappa shape index (κ1) is 14.7. The summed E-state index contributed by atoms with van der Waals surface area (Å²) in [6.07, 6.45) is 8.88. The minimum absolute atomic E-state index is 0.221. The summed E-state index contributed by atoms with van der Waals surface area (Å²) in [5.41, 5.74) is 1.07. The smallest absolute Gasteiger partial charge is 0.337 e. The molecule has 0 saturated heterocycles. The molecule has 0 spiro atoms. The molecule has 1 heterocycles. The zero-order valence-electron chi connectivity index (χ0n) is 11.4. The Labute approximate surface area is 109 Å². The first-order valence-corrected chi connectivity index (χ1v) is 6.85. The molecule has 0 bridgehead atoms. The van der Waals surface area contributed by atoms with Gasteiger partial charge in [0.2, 0.25) is 0 Å². The number of aromatic carboxylic acids is 1. The number of carboxylic acid groups (broad SMARTS) is 1. The molecule has 1 atom stereocenters. The summed E-state index contributed by atoms with van der Waals surface area (Å²) in [5.74, 6) is -0.658. The van der Waals surface area contributed by atoms with Gasteiger partial charge in [-0.2, -0.15) is 0 Å². The van der Waals surface area contributed by atoms with Crippen LogP contribution in [-0.4, -0.2) is 16.1 Å². The van der Waals surface area contributed by atoms with E-state index >= 15 is 0 Å². The fraction of sp³-hybridized carbons (Fsp3) is 0.600. The summed E-state index contributed by atoms with van der Waals surface area (Å²) < 4.78 is 0. The van der Waals surface area contributed by atoms with E-state index in [1.54, 1.807) is 18.3 Å². The maximum atomic E-state index is 11.1. The summed E-state index contributed by atoms with van der Waals surface area (Å²) >= 11 is 0. The van der Waals surface area contributed by atoms with Gasteiger partial charge in [0.05, 0.1) is 11.3 Å². The van der Waals surface area contributed by atoms with Crippen molar-refractivity contribution in [3.8, 4) is 0 Å². The zero-order valence-corrected chi connectivity index (χ0v) is 11.4. The van der Waals surface area contributed by atoms with Crippen molar-refractivity contribution >= 4 is 5.97 Å². The van der Waals surface area contributed by atoms with Gasteiger partial charge in [0.25, 0.3) is 0 Å². The van der Waals surface area contributed by atoms with Gasteiger partial charge >= 0.3 is 5.97 Å². The van der Waals surface area contributed by atoms with E-state index < -0.39 is 5.97 Å². The molecule has 0 fully saturated rings. The Bertz CT molecular complexity index is 377. The fourth-order valence-corrected chi connectivity index (χ4v) is 2.18. The predicted octanol–water partition coefficient (Wildman–Crippen LogP) is 4.24. The largest absolute Gasteiger partial charge is 0.478 e. The van der Waals surface area contributed by atoms with E-state index in [-0.39, 0.29) is 5.92 Å². The fourth-order valence-electron chi connectivity index (χ4n) is 2.18. The molecule has 0 aliphatic rings. The highest BCUT2D eigenvalue weighted by Gasteiger charge is 2.15. The van der Waals surface area contributed by atoms with Crippen LogP contribution in [0.15, 0.2) is 18.3 Å². The average Bonchev–Trinajstić information content (AvgIpc) is 2.38. The van der Waals surface area contributed by atoms with Crippen LogP contribution in [0.2, 0.25) is 0 Å². The van der Waals surface area contributed by atoms with E-state index in [4.69, 9.17) is 5.11 Å². The van der Waals surface area contributed by atoms with Crippen molar-refractivity contribution in [2.75, 3.05) is 0 Å². The van der Waals surface area contributed by atoms with E-state index in [1.807, 2.05) is 0 Å². The van der Waals surface area contributed by atoms with Crippen molar-refractivity contribution in [3.63, 3.8) is 0 Å².